The van der Waals surface area contributed by atoms with Gasteiger partial charge in [-0.3, -0.25) is 4.79 Å². The molecule has 1 saturated heterocycles. The minimum atomic E-state index is -0.116. The summed E-state index contributed by atoms with van der Waals surface area (Å²) >= 11 is 0. The van der Waals surface area contributed by atoms with Crippen LogP contribution in [0.2, 0.25) is 0 Å². The first-order chi connectivity index (χ1) is 5.99. The highest BCUT2D eigenvalue weighted by Gasteiger charge is 2.24. The van der Waals surface area contributed by atoms with E-state index >= 15 is 0 Å². The van der Waals surface area contributed by atoms with Crippen molar-refractivity contribution in [1.29, 1.82) is 0 Å². The van der Waals surface area contributed by atoms with Crippen LogP contribution in [0.5, 0.6) is 0 Å². The quantitative estimate of drug-likeness (QED) is 0.669. The largest absolute Gasteiger partial charge is 0.381 e. The summed E-state index contributed by atoms with van der Waals surface area (Å²) in [4.78, 5) is 11.6. The SMILES string of the molecule is CC(C)(C)NC(=O)C1CCOCC1. The molecule has 0 aromatic heterocycles. The van der Waals surface area contributed by atoms with Gasteiger partial charge < -0.3 is 10.1 Å². The van der Waals surface area contributed by atoms with Crippen molar-refractivity contribution < 1.29 is 9.53 Å². The number of carbonyl (C=O) groups is 1. The third-order valence-electron chi connectivity index (χ3n) is 2.09. The summed E-state index contributed by atoms with van der Waals surface area (Å²) in [6.45, 7) is 7.46. The number of amides is 1. The Labute approximate surface area is 79.8 Å². The van der Waals surface area contributed by atoms with Gasteiger partial charge in [0.25, 0.3) is 0 Å². The Balaban J connectivity index is 2.38. The van der Waals surface area contributed by atoms with E-state index in [1.54, 1.807) is 0 Å². The Kier molecular flexibility index (Phi) is 3.31. The number of carbonyl (C=O) groups excluding carboxylic acids is 1. The van der Waals surface area contributed by atoms with Crippen molar-refractivity contribution in [3.63, 3.8) is 0 Å². The predicted molar refractivity (Wildman–Crippen MR) is 51.4 cm³/mol. The van der Waals surface area contributed by atoms with Gasteiger partial charge in [0.15, 0.2) is 0 Å². The average molecular weight is 185 g/mol. The van der Waals surface area contributed by atoms with Crippen molar-refractivity contribution in [2.75, 3.05) is 13.2 Å². The van der Waals surface area contributed by atoms with Crippen molar-refractivity contribution in [3.8, 4) is 0 Å². The number of rotatable bonds is 1. The van der Waals surface area contributed by atoms with Gasteiger partial charge in [-0.25, -0.2) is 0 Å². The third kappa shape index (κ3) is 3.77. The van der Waals surface area contributed by atoms with E-state index in [1.165, 1.54) is 0 Å². The molecule has 1 rings (SSSR count). The zero-order valence-corrected chi connectivity index (χ0v) is 8.72. The van der Waals surface area contributed by atoms with Crippen LogP contribution in [0.4, 0.5) is 0 Å². The van der Waals surface area contributed by atoms with E-state index in [0.29, 0.717) is 0 Å². The van der Waals surface area contributed by atoms with Crippen LogP contribution in [0.1, 0.15) is 33.6 Å². The Morgan fingerprint density at radius 3 is 2.31 bits per heavy atom. The van der Waals surface area contributed by atoms with Crippen molar-refractivity contribution in [2.45, 2.75) is 39.2 Å². The second-order valence-electron chi connectivity index (χ2n) is 4.63. The second-order valence-corrected chi connectivity index (χ2v) is 4.63. The first kappa shape index (κ1) is 10.5. The van der Waals surface area contributed by atoms with Crippen LogP contribution in [-0.4, -0.2) is 24.7 Å². The minimum absolute atomic E-state index is 0.116. The van der Waals surface area contributed by atoms with E-state index in [4.69, 9.17) is 4.74 Å². The van der Waals surface area contributed by atoms with E-state index in [2.05, 4.69) is 5.32 Å². The molecule has 0 aromatic carbocycles. The molecule has 0 saturated carbocycles. The van der Waals surface area contributed by atoms with Crippen LogP contribution in [0.3, 0.4) is 0 Å². The van der Waals surface area contributed by atoms with Crippen molar-refractivity contribution >= 4 is 5.91 Å². The lowest BCUT2D eigenvalue weighted by atomic mass is 9.97. The fourth-order valence-electron chi connectivity index (χ4n) is 1.43. The Hall–Kier alpha value is -0.570. The van der Waals surface area contributed by atoms with Gasteiger partial charge in [-0.05, 0) is 33.6 Å². The molecule has 0 bridgehead atoms. The Bertz CT molecular complexity index is 178. The lowest BCUT2D eigenvalue weighted by Crippen LogP contribution is -2.45. The third-order valence-corrected chi connectivity index (χ3v) is 2.09. The monoisotopic (exact) mass is 185 g/mol. The fraction of sp³-hybridized carbons (Fsp3) is 0.900. The molecule has 3 heteroatoms. The summed E-state index contributed by atoms with van der Waals surface area (Å²) in [5.41, 5.74) is -0.116. The van der Waals surface area contributed by atoms with Crippen LogP contribution >= 0.6 is 0 Å². The van der Waals surface area contributed by atoms with Crippen molar-refractivity contribution in [2.24, 2.45) is 5.92 Å². The molecule has 0 aromatic rings. The van der Waals surface area contributed by atoms with Gasteiger partial charge in [0.2, 0.25) is 5.91 Å². The summed E-state index contributed by atoms with van der Waals surface area (Å²) in [5, 5.41) is 2.99. The van der Waals surface area contributed by atoms with E-state index in [1.807, 2.05) is 20.8 Å². The first-order valence-electron chi connectivity index (χ1n) is 4.89. The summed E-state index contributed by atoms with van der Waals surface area (Å²) < 4.78 is 5.20. The lowest BCUT2D eigenvalue weighted by molar-refractivity contribution is -0.129. The van der Waals surface area contributed by atoms with Gasteiger partial charge in [0.05, 0.1) is 0 Å². The van der Waals surface area contributed by atoms with Crippen LogP contribution in [-0.2, 0) is 9.53 Å². The normalized spacial score (nSPS) is 19.9. The molecule has 0 radical (unpaired) electrons. The maximum Gasteiger partial charge on any atom is 0.223 e. The topological polar surface area (TPSA) is 38.3 Å². The fourth-order valence-corrected chi connectivity index (χ4v) is 1.43. The van der Waals surface area contributed by atoms with Gasteiger partial charge in [0, 0.05) is 24.7 Å². The van der Waals surface area contributed by atoms with Gasteiger partial charge in [-0.15, -0.1) is 0 Å². The van der Waals surface area contributed by atoms with E-state index < -0.39 is 0 Å². The van der Waals surface area contributed by atoms with Crippen molar-refractivity contribution in [1.82, 2.24) is 5.32 Å². The number of hydrogen-bond acceptors (Lipinski definition) is 2. The van der Waals surface area contributed by atoms with E-state index in [-0.39, 0.29) is 17.4 Å². The zero-order valence-electron chi connectivity index (χ0n) is 8.72. The molecule has 1 amide bonds. The molecular formula is C10H19NO2. The number of hydrogen-bond donors (Lipinski definition) is 1. The van der Waals surface area contributed by atoms with Crippen molar-refractivity contribution in [3.05, 3.63) is 0 Å². The maximum atomic E-state index is 11.6. The molecule has 1 heterocycles. The highest BCUT2D eigenvalue weighted by molar-refractivity contribution is 5.79. The number of nitrogens with one attached hydrogen (secondary N) is 1. The molecule has 13 heavy (non-hydrogen) atoms. The molecule has 3 nitrogen and oxygen atoms in total. The molecule has 0 aliphatic carbocycles. The van der Waals surface area contributed by atoms with Crippen LogP contribution in [0.15, 0.2) is 0 Å². The average Bonchev–Trinajstić information content (AvgIpc) is 2.03. The second kappa shape index (κ2) is 4.09. The molecule has 0 atom stereocenters. The molecule has 1 aliphatic heterocycles. The Morgan fingerprint density at radius 2 is 1.85 bits per heavy atom. The standard InChI is InChI=1S/C10H19NO2/c1-10(2,3)11-9(12)8-4-6-13-7-5-8/h8H,4-7H2,1-3H3,(H,11,12). The Morgan fingerprint density at radius 1 is 1.31 bits per heavy atom. The lowest BCUT2D eigenvalue weighted by Gasteiger charge is -2.26. The van der Waals surface area contributed by atoms with Gasteiger partial charge in [-0.1, -0.05) is 0 Å². The zero-order chi connectivity index (χ0) is 9.90. The van der Waals surface area contributed by atoms with E-state index in [0.717, 1.165) is 26.1 Å². The highest BCUT2D eigenvalue weighted by atomic mass is 16.5. The number of ether oxygens (including phenoxy) is 1. The van der Waals surface area contributed by atoms with E-state index in [9.17, 15) is 4.79 Å². The van der Waals surface area contributed by atoms with Gasteiger partial charge in [-0.2, -0.15) is 0 Å². The smallest absolute Gasteiger partial charge is 0.223 e. The van der Waals surface area contributed by atoms with Crippen LogP contribution in [0.25, 0.3) is 0 Å². The molecule has 76 valence electrons. The van der Waals surface area contributed by atoms with Gasteiger partial charge in [0.1, 0.15) is 0 Å². The van der Waals surface area contributed by atoms with Gasteiger partial charge >= 0.3 is 0 Å². The molecular weight excluding hydrogens is 166 g/mol. The minimum Gasteiger partial charge on any atom is -0.381 e. The molecule has 0 unspecified atom stereocenters. The predicted octanol–water partition coefficient (Wildman–Crippen LogP) is 1.33. The maximum absolute atomic E-state index is 11.6. The molecule has 1 fully saturated rings. The molecule has 1 N–H and O–H groups in total. The molecule has 1 aliphatic rings. The summed E-state index contributed by atoms with van der Waals surface area (Å²) in [6.07, 6.45) is 1.73. The summed E-state index contributed by atoms with van der Waals surface area (Å²) in [6, 6.07) is 0. The summed E-state index contributed by atoms with van der Waals surface area (Å²) in [5.74, 6) is 0.337. The van der Waals surface area contributed by atoms with Crippen LogP contribution < -0.4 is 5.32 Å². The van der Waals surface area contributed by atoms with Crippen LogP contribution in [0, 0.1) is 5.92 Å². The highest BCUT2D eigenvalue weighted by Crippen LogP contribution is 2.15. The summed E-state index contributed by atoms with van der Waals surface area (Å²) in [7, 11) is 0. The first-order valence-corrected chi connectivity index (χ1v) is 4.89. The molecule has 0 spiro atoms.